The van der Waals surface area contributed by atoms with Gasteiger partial charge in [0, 0.05) is 12.5 Å². The third kappa shape index (κ3) is 6.16. The van der Waals surface area contributed by atoms with Gasteiger partial charge in [-0.2, -0.15) is 0 Å². The van der Waals surface area contributed by atoms with Crippen LogP contribution in [0.25, 0.3) is 0 Å². The number of ether oxygens (including phenoxy) is 2. The summed E-state index contributed by atoms with van der Waals surface area (Å²) in [5.41, 5.74) is 2.42. The van der Waals surface area contributed by atoms with Crippen molar-refractivity contribution in [1.29, 1.82) is 0 Å². The van der Waals surface area contributed by atoms with E-state index >= 15 is 0 Å². The summed E-state index contributed by atoms with van der Waals surface area (Å²) in [7, 11) is 1.75. The van der Waals surface area contributed by atoms with Gasteiger partial charge in [0.15, 0.2) is 0 Å². The van der Waals surface area contributed by atoms with E-state index in [1.54, 1.807) is 7.11 Å². The Labute approximate surface area is 169 Å². The third-order valence-electron chi connectivity index (χ3n) is 5.17. The van der Waals surface area contributed by atoms with Crippen molar-refractivity contribution >= 4 is 0 Å². The second-order valence-corrected chi connectivity index (χ2v) is 7.37. The van der Waals surface area contributed by atoms with Crippen molar-refractivity contribution in [3.63, 3.8) is 0 Å². The van der Waals surface area contributed by atoms with Crippen molar-refractivity contribution in [3.8, 4) is 0 Å². The van der Waals surface area contributed by atoms with Crippen LogP contribution in [-0.4, -0.2) is 26.9 Å². The molecule has 0 saturated heterocycles. The van der Waals surface area contributed by atoms with E-state index in [0.717, 1.165) is 19.4 Å². The highest BCUT2D eigenvalue weighted by molar-refractivity contribution is 5.20. The molecule has 3 nitrogen and oxygen atoms in total. The first-order chi connectivity index (χ1) is 13.8. The van der Waals surface area contributed by atoms with Crippen molar-refractivity contribution in [2.45, 2.75) is 25.5 Å². The minimum atomic E-state index is -0.0473. The lowest BCUT2D eigenvalue weighted by molar-refractivity contribution is 0.0706. The molecule has 0 amide bonds. The predicted molar refractivity (Wildman–Crippen MR) is 115 cm³/mol. The molecule has 0 heterocycles. The van der Waals surface area contributed by atoms with Crippen LogP contribution in [0.1, 0.15) is 30.0 Å². The Balaban J connectivity index is 1.55. The number of hydrogen-bond donors (Lipinski definition) is 1. The van der Waals surface area contributed by atoms with E-state index in [0.29, 0.717) is 19.8 Å². The smallest absolute Gasteiger partial charge is 0.0717 e. The van der Waals surface area contributed by atoms with Gasteiger partial charge in [-0.25, -0.2) is 0 Å². The first kappa shape index (κ1) is 20.5. The molecular formula is C25H31NO2. The van der Waals surface area contributed by atoms with Gasteiger partial charge >= 0.3 is 0 Å². The maximum atomic E-state index is 6.10. The zero-order valence-electron chi connectivity index (χ0n) is 16.7. The van der Waals surface area contributed by atoms with Crippen molar-refractivity contribution in [1.82, 2.24) is 5.32 Å². The van der Waals surface area contributed by atoms with E-state index in [1.165, 1.54) is 11.1 Å². The van der Waals surface area contributed by atoms with Gasteiger partial charge in [0.25, 0.3) is 0 Å². The third-order valence-corrected chi connectivity index (χ3v) is 5.17. The number of methoxy groups -OCH3 is 1. The van der Waals surface area contributed by atoms with Crippen LogP contribution in [-0.2, 0) is 16.1 Å². The normalized spacial score (nSPS) is 16.2. The minimum Gasteiger partial charge on any atom is -0.383 e. The number of benzene rings is 2. The van der Waals surface area contributed by atoms with Crippen molar-refractivity contribution < 1.29 is 9.47 Å². The molecule has 1 aliphatic carbocycles. The Hall–Kier alpha value is -2.20. The zero-order chi connectivity index (χ0) is 19.5. The van der Waals surface area contributed by atoms with E-state index < -0.39 is 0 Å². The average Bonchev–Trinajstić information content (AvgIpc) is 2.75. The molecule has 0 bridgehead atoms. The Bertz CT molecular complexity index is 728. The molecule has 3 rings (SSSR count). The summed E-state index contributed by atoms with van der Waals surface area (Å²) >= 11 is 0. The van der Waals surface area contributed by atoms with Crippen molar-refractivity contribution in [3.05, 3.63) is 96.1 Å². The first-order valence-corrected chi connectivity index (χ1v) is 10.1. The summed E-state index contributed by atoms with van der Waals surface area (Å²) in [6, 6.07) is 21.0. The summed E-state index contributed by atoms with van der Waals surface area (Å²) in [6.45, 7) is 2.89. The van der Waals surface area contributed by atoms with Crippen LogP contribution in [0.5, 0.6) is 0 Å². The molecule has 0 radical (unpaired) electrons. The molecule has 2 aromatic carbocycles. The number of hydrogen-bond acceptors (Lipinski definition) is 3. The van der Waals surface area contributed by atoms with Gasteiger partial charge in [0.1, 0.15) is 0 Å². The van der Waals surface area contributed by atoms with Crippen LogP contribution in [0.4, 0.5) is 0 Å². The Morgan fingerprint density at radius 2 is 1.64 bits per heavy atom. The number of rotatable bonds is 11. The summed E-state index contributed by atoms with van der Waals surface area (Å²) < 4.78 is 11.5. The molecule has 0 spiro atoms. The highest BCUT2D eigenvalue weighted by Gasteiger charge is 2.26. The summed E-state index contributed by atoms with van der Waals surface area (Å²) in [5.74, 6) is 0. The maximum absolute atomic E-state index is 6.10. The summed E-state index contributed by atoms with van der Waals surface area (Å²) in [6.07, 6.45) is 11.1. The molecule has 0 aromatic heterocycles. The molecule has 1 atom stereocenters. The molecular weight excluding hydrogens is 346 g/mol. The van der Waals surface area contributed by atoms with Gasteiger partial charge in [0.2, 0.25) is 0 Å². The summed E-state index contributed by atoms with van der Waals surface area (Å²) in [5, 5.41) is 3.67. The lowest BCUT2D eigenvalue weighted by Crippen LogP contribution is -2.32. The fourth-order valence-electron chi connectivity index (χ4n) is 3.61. The molecule has 2 aromatic rings. The second-order valence-electron chi connectivity index (χ2n) is 7.37. The number of allylic oxidation sites excluding steroid dienone is 2. The minimum absolute atomic E-state index is 0.0473. The van der Waals surface area contributed by atoms with Gasteiger partial charge in [-0.05, 0) is 30.5 Å². The van der Waals surface area contributed by atoms with E-state index in [1.807, 2.05) is 12.1 Å². The van der Waals surface area contributed by atoms with Crippen LogP contribution in [0, 0.1) is 5.41 Å². The molecule has 0 fully saturated rings. The lowest BCUT2D eigenvalue weighted by atomic mass is 9.81. The predicted octanol–water partition coefficient (Wildman–Crippen LogP) is 5.07. The molecule has 0 saturated carbocycles. The largest absolute Gasteiger partial charge is 0.383 e. The summed E-state index contributed by atoms with van der Waals surface area (Å²) in [4.78, 5) is 0. The highest BCUT2D eigenvalue weighted by Crippen LogP contribution is 2.30. The molecule has 0 unspecified atom stereocenters. The maximum Gasteiger partial charge on any atom is 0.0717 e. The van der Waals surface area contributed by atoms with Crippen LogP contribution in [0.2, 0.25) is 0 Å². The van der Waals surface area contributed by atoms with Crippen molar-refractivity contribution in [2.75, 3.05) is 26.9 Å². The Morgan fingerprint density at radius 1 is 0.964 bits per heavy atom. The fourth-order valence-corrected chi connectivity index (χ4v) is 3.61. The van der Waals surface area contributed by atoms with Crippen LogP contribution in [0.3, 0.4) is 0 Å². The molecule has 1 N–H and O–H groups in total. The van der Waals surface area contributed by atoms with Gasteiger partial charge in [-0.1, -0.05) is 85.0 Å². The molecule has 3 heteroatoms. The number of nitrogens with one attached hydrogen (secondary N) is 1. The first-order valence-electron chi connectivity index (χ1n) is 10.1. The van der Waals surface area contributed by atoms with Gasteiger partial charge < -0.3 is 14.8 Å². The van der Waals surface area contributed by atoms with E-state index in [9.17, 15) is 0 Å². The fraction of sp³-hybridized carbons (Fsp3) is 0.360. The van der Waals surface area contributed by atoms with E-state index in [2.05, 4.69) is 78.2 Å². The zero-order valence-corrected chi connectivity index (χ0v) is 16.7. The van der Waals surface area contributed by atoms with Gasteiger partial charge in [-0.3, -0.25) is 0 Å². The lowest BCUT2D eigenvalue weighted by Gasteiger charge is -2.30. The van der Waals surface area contributed by atoms with Crippen LogP contribution < -0.4 is 5.32 Å². The van der Waals surface area contributed by atoms with E-state index in [-0.39, 0.29) is 11.5 Å². The molecule has 0 aliphatic heterocycles. The Kier molecular flexibility index (Phi) is 8.04. The highest BCUT2D eigenvalue weighted by atomic mass is 16.5. The quantitative estimate of drug-likeness (QED) is 0.554. The SMILES string of the molecule is COC[C@H](NCCC1(COCc2ccccc2)C=CCC=C1)c1ccccc1. The Morgan fingerprint density at radius 3 is 2.32 bits per heavy atom. The van der Waals surface area contributed by atoms with Crippen LogP contribution >= 0.6 is 0 Å². The molecule has 1 aliphatic rings. The van der Waals surface area contributed by atoms with Crippen molar-refractivity contribution in [2.24, 2.45) is 5.41 Å². The topological polar surface area (TPSA) is 30.5 Å². The van der Waals surface area contributed by atoms with E-state index in [4.69, 9.17) is 9.47 Å². The average molecular weight is 378 g/mol. The second kappa shape index (κ2) is 11.0. The van der Waals surface area contributed by atoms with Gasteiger partial charge in [0.05, 0.1) is 25.9 Å². The monoisotopic (exact) mass is 377 g/mol. The van der Waals surface area contributed by atoms with Gasteiger partial charge in [-0.15, -0.1) is 0 Å². The molecule has 148 valence electrons. The molecule has 28 heavy (non-hydrogen) atoms. The standard InChI is InChI=1S/C25H31NO2/c1-27-20-24(23-13-7-3-8-14-23)26-18-17-25(15-9-4-10-16-25)21-28-19-22-11-5-2-6-12-22/h2-3,5-16,24,26H,4,17-21H2,1H3/t24-/m0/s1. The van der Waals surface area contributed by atoms with Crippen LogP contribution in [0.15, 0.2) is 85.0 Å².